The number of carbonyl (C=O) groups is 1. The van der Waals surface area contributed by atoms with Crippen molar-refractivity contribution in [3.8, 4) is 0 Å². The number of methoxy groups -OCH3 is 1. The number of hydrogen-bond donors (Lipinski definition) is 0. The van der Waals surface area contributed by atoms with Crippen LogP contribution < -0.4 is 0 Å². The van der Waals surface area contributed by atoms with Crippen LogP contribution in [0.4, 0.5) is 0 Å². The second kappa shape index (κ2) is 3.30. The van der Waals surface area contributed by atoms with Gasteiger partial charge in [-0.1, -0.05) is 22.0 Å². The molecule has 0 aromatic carbocycles. The Bertz CT molecular complexity index is 165. The van der Waals surface area contributed by atoms with Crippen molar-refractivity contribution in [2.75, 3.05) is 7.11 Å². The molecule has 10 heavy (non-hydrogen) atoms. The molecule has 0 aliphatic heterocycles. The topological polar surface area (TPSA) is 26.3 Å². The van der Waals surface area contributed by atoms with Gasteiger partial charge in [0.25, 0.3) is 0 Å². The molecule has 0 saturated heterocycles. The average molecular weight is 205 g/mol. The van der Waals surface area contributed by atoms with E-state index in [-0.39, 0.29) is 16.7 Å². The summed E-state index contributed by atoms with van der Waals surface area (Å²) in [5.41, 5.74) is 0. The van der Waals surface area contributed by atoms with E-state index in [1.807, 2.05) is 0 Å². The zero-order chi connectivity index (χ0) is 7.56. The minimum Gasteiger partial charge on any atom is -0.376 e. The summed E-state index contributed by atoms with van der Waals surface area (Å²) in [5, 5.41) is 0. The third-order valence-corrected chi connectivity index (χ3v) is 2.34. The smallest absolute Gasteiger partial charge is 0.156 e. The van der Waals surface area contributed by atoms with Gasteiger partial charge in [0.2, 0.25) is 0 Å². The van der Waals surface area contributed by atoms with Crippen molar-refractivity contribution in [2.45, 2.75) is 17.4 Å². The molecule has 0 fully saturated rings. The second-order valence-electron chi connectivity index (χ2n) is 2.25. The molecule has 1 aliphatic carbocycles. The number of carbonyl (C=O) groups excluding carboxylic acids is 1. The van der Waals surface area contributed by atoms with Crippen LogP contribution in [0.25, 0.3) is 0 Å². The Morgan fingerprint density at radius 3 is 3.00 bits per heavy atom. The fraction of sp³-hybridized carbons (Fsp3) is 0.571. The molecule has 0 bridgehead atoms. The monoisotopic (exact) mass is 204 g/mol. The number of hydrogen-bond acceptors (Lipinski definition) is 2. The molecule has 0 amide bonds. The highest BCUT2D eigenvalue weighted by Gasteiger charge is 2.21. The molecule has 2 atom stereocenters. The van der Waals surface area contributed by atoms with Crippen molar-refractivity contribution in [1.29, 1.82) is 0 Å². The van der Waals surface area contributed by atoms with E-state index in [1.165, 1.54) is 0 Å². The first kappa shape index (κ1) is 7.95. The van der Waals surface area contributed by atoms with Gasteiger partial charge in [0, 0.05) is 13.5 Å². The van der Waals surface area contributed by atoms with E-state index in [0.29, 0.717) is 6.42 Å². The zero-order valence-electron chi connectivity index (χ0n) is 5.71. The number of allylic oxidation sites excluding steroid dienone is 1. The summed E-state index contributed by atoms with van der Waals surface area (Å²) < 4.78 is 5.07. The molecule has 0 aromatic heterocycles. The molecule has 3 heteroatoms. The summed E-state index contributed by atoms with van der Waals surface area (Å²) in [7, 11) is 1.64. The second-order valence-corrected chi connectivity index (χ2v) is 3.42. The first-order valence-electron chi connectivity index (χ1n) is 3.12. The lowest BCUT2D eigenvalue weighted by molar-refractivity contribution is -0.115. The van der Waals surface area contributed by atoms with Crippen LogP contribution >= 0.6 is 15.9 Å². The lowest BCUT2D eigenvalue weighted by Crippen LogP contribution is -2.26. The number of ether oxygens (including phenoxy) is 1. The van der Waals surface area contributed by atoms with E-state index in [0.717, 1.165) is 0 Å². The molecule has 0 saturated carbocycles. The minimum absolute atomic E-state index is 0.0534. The van der Waals surface area contributed by atoms with Crippen molar-refractivity contribution in [3.05, 3.63) is 12.2 Å². The average Bonchev–Trinajstić information content (AvgIpc) is 1.88. The van der Waals surface area contributed by atoms with Crippen molar-refractivity contribution >= 4 is 21.7 Å². The van der Waals surface area contributed by atoms with Gasteiger partial charge >= 0.3 is 0 Å². The summed E-state index contributed by atoms with van der Waals surface area (Å²) in [6, 6.07) is 0. The van der Waals surface area contributed by atoms with Crippen LogP contribution in [0.5, 0.6) is 0 Å². The van der Waals surface area contributed by atoms with E-state index >= 15 is 0 Å². The number of ketones is 1. The molecule has 0 radical (unpaired) electrons. The predicted octanol–water partition coefficient (Wildman–Crippen LogP) is 1.29. The van der Waals surface area contributed by atoms with Crippen LogP contribution in [-0.2, 0) is 9.53 Å². The fourth-order valence-corrected chi connectivity index (χ4v) is 1.64. The third kappa shape index (κ3) is 1.67. The van der Waals surface area contributed by atoms with Crippen LogP contribution in [0.2, 0.25) is 0 Å². The lowest BCUT2D eigenvalue weighted by atomic mass is 10.0. The summed E-state index contributed by atoms with van der Waals surface area (Å²) in [6.45, 7) is 0. The van der Waals surface area contributed by atoms with Crippen molar-refractivity contribution in [1.82, 2.24) is 0 Å². The molecule has 0 N–H and O–H groups in total. The Morgan fingerprint density at radius 1 is 1.80 bits per heavy atom. The highest BCUT2D eigenvalue weighted by molar-refractivity contribution is 9.09. The van der Waals surface area contributed by atoms with Crippen molar-refractivity contribution < 1.29 is 9.53 Å². The maximum atomic E-state index is 10.8. The van der Waals surface area contributed by atoms with Gasteiger partial charge < -0.3 is 4.74 Å². The zero-order valence-corrected chi connectivity index (χ0v) is 7.30. The summed E-state index contributed by atoms with van der Waals surface area (Å²) >= 11 is 3.36. The van der Waals surface area contributed by atoms with E-state index in [4.69, 9.17) is 4.74 Å². The molecule has 0 aromatic rings. The first-order valence-corrected chi connectivity index (χ1v) is 4.03. The quantitative estimate of drug-likeness (QED) is 0.603. The number of alkyl halides is 1. The largest absolute Gasteiger partial charge is 0.376 e. The Hall–Kier alpha value is -0.150. The minimum atomic E-state index is 0.0534. The molecule has 0 heterocycles. The molecular weight excluding hydrogens is 196 g/mol. The van der Waals surface area contributed by atoms with Gasteiger partial charge in [-0.05, 0) is 6.08 Å². The molecule has 1 rings (SSSR count). The van der Waals surface area contributed by atoms with Crippen LogP contribution in [0.1, 0.15) is 6.42 Å². The van der Waals surface area contributed by atoms with Crippen molar-refractivity contribution in [2.24, 2.45) is 0 Å². The van der Waals surface area contributed by atoms with Gasteiger partial charge in [0.05, 0.1) is 10.9 Å². The summed E-state index contributed by atoms with van der Waals surface area (Å²) in [6.07, 6.45) is 3.95. The standard InChI is InChI=1S/C7H9BrO2/c1-10-7-3-2-5(9)4-6(7)8/h2-3,6-7H,4H2,1H3/t6-,7+/m0/s1. The van der Waals surface area contributed by atoms with Crippen molar-refractivity contribution in [3.63, 3.8) is 0 Å². The van der Waals surface area contributed by atoms with Gasteiger partial charge in [-0.25, -0.2) is 0 Å². The third-order valence-electron chi connectivity index (χ3n) is 1.50. The summed E-state index contributed by atoms with van der Waals surface area (Å²) in [5.74, 6) is 0.162. The molecule has 1 aliphatic rings. The normalized spacial score (nSPS) is 32.8. The molecule has 2 nitrogen and oxygen atoms in total. The van der Waals surface area contributed by atoms with Gasteiger partial charge in [-0.15, -0.1) is 0 Å². The van der Waals surface area contributed by atoms with Gasteiger partial charge in [0.15, 0.2) is 5.78 Å². The Labute approximate surface area is 68.4 Å². The predicted molar refractivity (Wildman–Crippen MR) is 42.3 cm³/mol. The number of halogens is 1. The Morgan fingerprint density at radius 2 is 2.50 bits per heavy atom. The van der Waals surface area contributed by atoms with Crippen LogP contribution in [0.15, 0.2) is 12.2 Å². The highest BCUT2D eigenvalue weighted by atomic mass is 79.9. The maximum Gasteiger partial charge on any atom is 0.156 e. The van der Waals surface area contributed by atoms with Gasteiger partial charge in [-0.2, -0.15) is 0 Å². The highest BCUT2D eigenvalue weighted by Crippen LogP contribution is 2.18. The Balaban J connectivity index is 2.62. The molecule has 56 valence electrons. The maximum absolute atomic E-state index is 10.8. The van der Waals surface area contributed by atoms with E-state index in [9.17, 15) is 4.79 Å². The van der Waals surface area contributed by atoms with E-state index in [2.05, 4.69) is 15.9 Å². The van der Waals surface area contributed by atoms with Gasteiger partial charge in [-0.3, -0.25) is 4.79 Å². The molecule has 0 unspecified atom stereocenters. The fourth-order valence-electron chi connectivity index (χ4n) is 0.925. The number of rotatable bonds is 1. The van der Waals surface area contributed by atoms with Crippen LogP contribution in [-0.4, -0.2) is 23.8 Å². The SMILES string of the molecule is CO[C@@H]1C=CC(=O)C[C@@H]1Br. The van der Waals surface area contributed by atoms with Crippen LogP contribution in [0.3, 0.4) is 0 Å². The summed E-state index contributed by atoms with van der Waals surface area (Å²) in [4.78, 5) is 10.9. The first-order chi connectivity index (χ1) is 4.74. The van der Waals surface area contributed by atoms with E-state index in [1.54, 1.807) is 19.3 Å². The lowest BCUT2D eigenvalue weighted by Gasteiger charge is -2.19. The van der Waals surface area contributed by atoms with Gasteiger partial charge in [0.1, 0.15) is 0 Å². The van der Waals surface area contributed by atoms with Crippen LogP contribution in [0, 0.1) is 0 Å². The Kier molecular flexibility index (Phi) is 2.63. The molecular formula is C7H9BrO2. The van der Waals surface area contributed by atoms with E-state index < -0.39 is 0 Å². The molecule has 0 spiro atoms.